The van der Waals surface area contributed by atoms with Gasteiger partial charge >= 0.3 is 0 Å². The molecule has 0 unspecified atom stereocenters. The molecule has 0 spiro atoms. The molecule has 6 nitrogen and oxygen atoms in total. The van der Waals surface area contributed by atoms with E-state index in [9.17, 15) is 0 Å². The molecule has 8 heteroatoms. The smallest absolute Gasteiger partial charge is 0.191 e. The number of hydrogen-bond donors (Lipinski definition) is 2. The maximum atomic E-state index is 6.20. The summed E-state index contributed by atoms with van der Waals surface area (Å²) in [5.74, 6) is 2.39. The van der Waals surface area contributed by atoms with E-state index in [1.165, 1.54) is 17.7 Å². The Morgan fingerprint density at radius 1 is 1.20 bits per heavy atom. The van der Waals surface area contributed by atoms with E-state index in [4.69, 9.17) is 14.5 Å². The molecule has 30 heavy (non-hydrogen) atoms. The van der Waals surface area contributed by atoms with Crippen molar-refractivity contribution >= 4 is 41.3 Å². The minimum atomic E-state index is 0. The lowest BCUT2D eigenvalue weighted by molar-refractivity contribution is 0.200. The number of thiazole rings is 1. The van der Waals surface area contributed by atoms with Gasteiger partial charge in [-0.3, -0.25) is 0 Å². The number of nitrogens with one attached hydrogen (secondary N) is 2. The third-order valence-corrected chi connectivity index (χ3v) is 6.09. The molecule has 1 saturated carbocycles. The molecule has 1 aromatic heterocycles. The number of rotatable bonds is 9. The van der Waals surface area contributed by atoms with E-state index in [1.54, 1.807) is 18.4 Å². The molecule has 0 radical (unpaired) electrons. The normalized spacial score (nSPS) is 14.3. The molecule has 1 aliphatic rings. The molecule has 166 valence electrons. The van der Waals surface area contributed by atoms with Crippen molar-refractivity contribution < 1.29 is 9.47 Å². The van der Waals surface area contributed by atoms with E-state index in [2.05, 4.69) is 35.5 Å². The number of guanidine groups is 1. The summed E-state index contributed by atoms with van der Waals surface area (Å²) >= 11 is 1.74. The molecule has 1 fully saturated rings. The van der Waals surface area contributed by atoms with E-state index in [0.717, 1.165) is 53.8 Å². The molecule has 0 amide bonds. The van der Waals surface area contributed by atoms with Crippen LogP contribution in [0.3, 0.4) is 0 Å². The Labute approximate surface area is 200 Å². The van der Waals surface area contributed by atoms with Crippen LogP contribution in [0.2, 0.25) is 0 Å². The van der Waals surface area contributed by atoms with Crippen molar-refractivity contribution in [2.45, 2.75) is 65.1 Å². The van der Waals surface area contributed by atoms with Crippen LogP contribution in [0.4, 0.5) is 0 Å². The fraction of sp³-hybridized carbons (Fsp3) is 0.545. The lowest BCUT2D eigenvalue weighted by atomic mass is 10.2. The first-order valence-corrected chi connectivity index (χ1v) is 11.3. The van der Waals surface area contributed by atoms with Gasteiger partial charge in [-0.05, 0) is 56.7 Å². The highest BCUT2D eigenvalue weighted by atomic mass is 127. The van der Waals surface area contributed by atoms with E-state index in [1.807, 2.05) is 18.3 Å². The predicted octanol–water partition coefficient (Wildman–Crippen LogP) is 4.91. The number of methoxy groups -OCH3 is 1. The number of nitrogens with zero attached hydrogens (tertiary/aromatic N) is 2. The molecule has 1 aromatic carbocycles. The average molecular weight is 545 g/mol. The first-order valence-electron chi connectivity index (χ1n) is 10.5. The molecule has 0 aliphatic heterocycles. The highest BCUT2D eigenvalue weighted by molar-refractivity contribution is 14.0. The monoisotopic (exact) mass is 544 g/mol. The van der Waals surface area contributed by atoms with E-state index in [-0.39, 0.29) is 24.0 Å². The van der Waals surface area contributed by atoms with Crippen molar-refractivity contribution in [3.63, 3.8) is 0 Å². The quantitative estimate of drug-likeness (QED) is 0.267. The maximum absolute atomic E-state index is 6.20. The molecular formula is C22H33IN4O2S. The standard InChI is InChI=1S/C22H32N4O2S.HI/c1-4-18-14-24-21(29-18)15-26-22(23-5-2)25-13-16-10-11-19(27-3)20(12-16)28-17-8-6-7-9-17;/h10-12,14,17H,4-9,13,15H2,1-3H3,(H2,23,25,26);1H. The fourth-order valence-corrected chi connectivity index (χ4v) is 4.16. The summed E-state index contributed by atoms with van der Waals surface area (Å²) < 4.78 is 11.7. The number of benzene rings is 1. The Hall–Kier alpha value is -1.55. The summed E-state index contributed by atoms with van der Waals surface area (Å²) in [6.07, 6.45) is 8.01. The van der Waals surface area contributed by atoms with Crippen LogP contribution in [0.5, 0.6) is 11.5 Å². The molecule has 0 bridgehead atoms. The summed E-state index contributed by atoms with van der Waals surface area (Å²) in [5, 5.41) is 7.74. The average Bonchev–Trinajstić information content (AvgIpc) is 3.42. The van der Waals surface area contributed by atoms with Gasteiger partial charge in [0.15, 0.2) is 17.5 Å². The van der Waals surface area contributed by atoms with E-state index >= 15 is 0 Å². The molecule has 2 aromatic rings. The third kappa shape index (κ3) is 7.30. The lowest BCUT2D eigenvalue weighted by Gasteiger charge is -2.17. The second-order valence-electron chi connectivity index (χ2n) is 7.13. The first-order chi connectivity index (χ1) is 14.2. The number of ether oxygens (including phenoxy) is 2. The Balaban J connectivity index is 0.00000320. The van der Waals surface area contributed by atoms with Gasteiger partial charge in [-0.1, -0.05) is 13.0 Å². The van der Waals surface area contributed by atoms with Gasteiger partial charge in [0.2, 0.25) is 0 Å². The number of aryl methyl sites for hydroxylation is 1. The van der Waals surface area contributed by atoms with Crippen LogP contribution < -0.4 is 20.1 Å². The van der Waals surface area contributed by atoms with Crippen LogP contribution in [0.1, 0.15) is 55.0 Å². The lowest BCUT2D eigenvalue weighted by Crippen LogP contribution is -2.36. The van der Waals surface area contributed by atoms with Gasteiger partial charge in [0.05, 0.1) is 26.3 Å². The summed E-state index contributed by atoms with van der Waals surface area (Å²) in [7, 11) is 1.68. The third-order valence-electron chi connectivity index (χ3n) is 4.94. The summed E-state index contributed by atoms with van der Waals surface area (Å²) in [6.45, 7) is 6.27. The van der Waals surface area contributed by atoms with Crippen molar-refractivity contribution in [3.8, 4) is 11.5 Å². The van der Waals surface area contributed by atoms with Crippen LogP contribution >= 0.6 is 35.3 Å². The summed E-state index contributed by atoms with van der Waals surface area (Å²) in [5.41, 5.74) is 1.10. The maximum Gasteiger partial charge on any atom is 0.191 e. The van der Waals surface area contributed by atoms with Gasteiger partial charge in [0, 0.05) is 17.6 Å². The van der Waals surface area contributed by atoms with Gasteiger partial charge in [-0.15, -0.1) is 35.3 Å². The SMILES string of the molecule is CCNC(=NCc1ccc(OC)c(OC2CCCC2)c1)NCc1ncc(CC)s1.I. The molecule has 1 heterocycles. The van der Waals surface area contributed by atoms with Crippen molar-refractivity contribution in [1.29, 1.82) is 0 Å². The minimum absolute atomic E-state index is 0. The largest absolute Gasteiger partial charge is 0.493 e. The Morgan fingerprint density at radius 3 is 2.67 bits per heavy atom. The number of aliphatic imine (C=N–C) groups is 1. The zero-order valence-electron chi connectivity index (χ0n) is 18.1. The number of hydrogen-bond acceptors (Lipinski definition) is 5. The minimum Gasteiger partial charge on any atom is -0.493 e. The van der Waals surface area contributed by atoms with Crippen molar-refractivity contribution in [3.05, 3.63) is 39.8 Å². The van der Waals surface area contributed by atoms with Gasteiger partial charge in [-0.25, -0.2) is 9.98 Å². The molecule has 1 aliphatic carbocycles. The second kappa shape index (κ2) is 13.0. The highest BCUT2D eigenvalue weighted by Crippen LogP contribution is 2.32. The van der Waals surface area contributed by atoms with Crippen LogP contribution in [0.15, 0.2) is 29.4 Å². The first kappa shape index (κ1) is 24.7. The van der Waals surface area contributed by atoms with Crippen LogP contribution in [-0.2, 0) is 19.5 Å². The predicted molar refractivity (Wildman–Crippen MR) is 134 cm³/mol. The number of halogens is 1. The Kier molecular flexibility index (Phi) is 10.7. The zero-order valence-corrected chi connectivity index (χ0v) is 21.2. The van der Waals surface area contributed by atoms with Crippen LogP contribution in [0, 0.1) is 0 Å². The molecule has 2 N–H and O–H groups in total. The summed E-state index contributed by atoms with van der Waals surface area (Å²) in [4.78, 5) is 10.5. The fourth-order valence-electron chi connectivity index (χ4n) is 3.36. The Morgan fingerprint density at radius 2 is 2.00 bits per heavy atom. The highest BCUT2D eigenvalue weighted by Gasteiger charge is 2.18. The number of aromatic nitrogens is 1. The van der Waals surface area contributed by atoms with E-state index < -0.39 is 0 Å². The van der Waals surface area contributed by atoms with Crippen LogP contribution in [0.25, 0.3) is 0 Å². The van der Waals surface area contributed by atoms with Crippen LogP contribution in [-0.4, -0.2) is 30.7 Å². The molecule has 0 saturated heterocycles. The van der Waals surface area contributed by atoms with Crippen molar-refractivity contribution in [2.24, 2.45) is 4.99 Å². The molecule has 0 atom stereocenters. The second-order valence-corrected chi connectivity index (χ2v) is 8.33. The zero-order chi connectivity index (χ0) is 20.5. The summed E-state index contributed by atoms with van der Waals surface area (Å²) in [6, 6.07) is 6.07. The van der Waals surface area contributed by atoms with E-state index in [0.29, 0.717) is 19.2 Å². The van der Waals surface area contributed by atoms with Gasteiger partial charge in [-0.2, -0.15) is 0 Å². The molecule has 3 rings (SSSR count). The topological polar surface area (TPSA) is 67.8 Å². The van der Waals surface area contributed by atoms with Crippen molar-refractivity contribution in [1.82, 2.24) is 15.6 Å². The van der Waals surface area contributed by atoms with Crippen molar-refractivity contribution in [2.75, 3.05) is 13.7 Å². The molecular weight excluding hydrogens is 511 g/mol. The van der Waals surface area contributed by atoms with Gasteiger partial charge in [0.1, 0.15) is 5.01 Å². The Bertz CT molecular complexity index is 806. The van der Waals surface area contributed by atoms with Gasteiger partial charge < -0.3 is 20.1 Å². The van der Waals surface area contributed by atoms with Gasteiger partial charge in [0.25, 0.3) is 0 Å².